The van der Waals surface area contributed by atoms with Crippen LogP contribution in [0.4, 0.5) is 4.39 Å². The molecule has 1 aromatic heterocycles. The number of nitrogens with zero attached hydrogens (tertiary/aromatic N) is 5. The molecule has 0 unspecified atom stereocenters. The molecule has 0 radical (unpaired) electrons. The molecule has 7 heteroatoms. The Balaban J connectivity index is 1.62. The number of likely N-dealkylation sites (tertiary alicyclic amines) is 1. The standard InChI is InChI=1S/C19H28FN5O/c1-18(2)14(10-24-13-22-12-23-24)5-7-19(18,3)8-6-17(26)25-11-15(20)9-16(25)21-4/h12-16H,5-11H2,1-3H3/t14-,15+,16-,19+/m0/s1. The van der Waals surface area contributed by atoms with Crippen molar-refractivity contribution in [2.75, 3.05) is 6.54 Å². The molecule has 1 aliphatic carbocycles. The summed E-state index contributed by atoms with van der Waals surface area (Å²) in [5, 5.41) is 4.23. The zero-order valence-corrected chi connectivity index (χ0v) is 15.9. The van der Waals surface area contributed by atoms with E-state index in [0.717, 1.165) is 25.8 Å². The van der Waals surface area contributed by atoms with Crippen LogP contribution in [0, 0.1) is 23.3 Å². The van der Waals surface area contributed by atoms with E-state index in [1.165, 1.54) is 4.90 Å². The van der Waals surface area contributed by atoms with E-state index in [-0.39, 0.29) is 29.7 Å². The molecule has 1 aliphatic heterocycles. The number of hydrogen-bond acceptors (Lipinski definition) is 3. The highest BCUT2D eigenvalue weighted by Gasteiger charge is 2.51. The maximum Gasteiger partial charge on any atom is 0.303 e. The van der Waals surface area contributed by atoms with Crippen LogP contribution in [0.5, 0.6) is 0 Å². The molecule has 4 atom stereocenters. The molecule has 1 amide bonds. The number of hydrogen-bond donors (Lipinski definition) is 0. The largest absolute Gasteiger partial charge is 0.303 e. The third kappa shape index (κ3) is 3.34. The van der Waals surface area contributed by atoms with Crippen LogP contribution in [0.3, 0.4) is 0 Å². The number of amides is 1. The summed E-state index contributed by atoms with van der Waals surface area (Å²) in [4.78, 5) is 21.5. The highest BCUT2D eigenvalue weighted by Crippen LogP contribution is 2.58. The highest BCUT2D eigenvalue weighted by atomic mass is 19.1. The highest BCUT2D eigenvalue weighted by molar-refractivity contribution is 5.77. The molecule has 6 nitrogen and oxygen atoms in total. The van der Waals surface area contributed by atoms with E-state index in [1.807, 2.05) is 4.68 Å². The van der Waals surface area contributed by atoms with Gasteiger partial charge in [-0.1, -0.05) is 20.8 Å². The summed E-state index contributed by atoms with van der Waals surface area (Å²) in [7, 11) is 0. The molecule has 3 rings (SSSR count). The van der Waals surface area contributed by atoms with Crippen molar-refractivity contribution in [3.8, 4) is 0 Å². The molecule has 142 valence electrons. The van der Waals surface area contributed by atoms with Gasteiger partial charge in [-0.2, -0.15) is 5.10 Å². The van der Waals surface area contributed by atoms with E-state index in [9.17, 15) is 9.18 Å². The van der Waals surface area contributed by atoms with Gasteiger partial charge in [0.15, 0.2) is 0 Å². The van der Waals surface area contributed by atoms with E-state index >= 15 is 0 Å². The van der Waals surface area contributed by atoms with Crippen molar-refractivity contribution in [1.29, 1.82) is 0 Å². The van der Waals surface area contributed by atoms with E-state index in [1.54, 1.807) is 12.7 Å². The lowest BCUT2D eigenvalue weighted by molar-refractivity contribution is -0.132. The van der Waals surface area contributed by atoms with Crippen molar-refractivity contribution in [2.24, 2.45) is 16.7 Å². The number of aromatic nitrogens is 3. The van der Waals surface area contributed by atoms with Crippen molar-refractivity contribution >= 4 is 5.91 Å². The van der Waals surface area contributed by atoms with Crippen molar-refractivity contribution in [2.45, 2.75) is 71.8 Å². The van der Waals surface area contributed by atoms with Crippen molar-refractivity contribution in [3.05, 3.63) is 24.1 Å². The first-order chi connectivity index (χ1) is 12.3. The van der Waals surface area contributed by atoms with Crippen LogP contribution in [0.15, 0.2) is 12.7 Å². The molecule has 0 aromatic carbocycles. The predicted octanol–water partition coefficient (Wildman–Crippen LogP) is 3.32. The molecule has 0 spiro atoms. The van der Waals surface area contributed by atoms with Gasteiger partial charge in [-0.15, -0.1) is 0 Å². The Labute approximate surface area is 154 Å². The van der Waals surface area contributed by atoms with Gasteiger partial charge in [0.2, 0.25) is 5.91 Å². The van der Waals surface area contributed by atoms with Crippen LogP contribution < -0.4 is 0 Å². The molecule has 2 aliphatic rings. The van der Waals surface area contributed by atoms with Gasteiger partial charge in [0.25, 0.3) is 0 Å². The summed E-state index contributed by atoms with van der Waals surface area (Å²) in [6.45, 7) is 14.9. The summed E-state index contributed by atoms with van der Waals surface area (Å²) in [6, 6.07) is 0. The van der Waals surface area contributed by atoms with Crippen LogP contribution in [0.2, 0.25) is 0 Å². The molecule has 1 aromatic rings. The molecular weight excluding hydrogens is 333 g/mol. The third-order valence-corrected chi connectivity index (χ3v) is 7.08. The number of halogens is 1. The summed E-state index contributed by atoms with van der Waals surface area (Å²) in [6.07, 6.45) is 5.08. The zero-order chi connectivity index (χ0) is 18.9. The molecule has 26 heavy (non-hydrogen) atoms. The second-order valence-corrected chi connectivity index (χ2v) is 8.62. The number of carbonyl (C=O) groups excluding carboxylic acids is 1. The minimum absolute atomic E-state index is 0.0380. The Bertz CT molecular complexity index is 683. The van der Waals surface area contributed by atoms with Gasteiger partial charge in [0.05, 0.1) is 13.0 Å². The summed E-state index contributed by atoms with van der Waals surface area (Å²) in [5.41, 5.74) is 0.0996. The Morgan fingerprint density at radius 1 is 1.42 bits per heavy atom. The maximum absolute atomic E-state index is 13.6. The van der Waals surface area contributed by atoms with Gasteiger partial charge in [-0.05, 0) is 36.0 Å². The Morgan fingerprint density at radius 2 is 2.19 bits per heavy atom. The Hall–Kier alpha value is -1.97. The number of carbonyl (C=O) groups is 1. The fraction of sp³-hybridized carbons (Fsp3) is 0.789. The fourth-order valence-electron chi connectivity index (χ4n) is 4.67. The molecule has 1 saturated carbocycles. The molecular formula is C19H28FN5O. The first-order valence-electron chi connectivity index (χ1n) is 9.39. The predicted molar refractivity (Wildman–Crippen MR) is 95.5 cm³/mol. The second kappa shape index (κ2) is 6.98. The summed E-state index contributed by atoms with van der Waals surface area (Å²) in [5.74, 6) is 0.394. The Kier molecular flexibility index (Phi) is 5.05. The van der Waals surface area contributed by atoms with Gasteiger partial charge >= 0.3 is 6.17 Å². The van der Waals surface area contributed by atoms with E-state index < -0.39 is 12.3 Å². The number of alkyl halides is 1. The third-order valence-electron chi connectivity index (χ3n) is 7.08. The first kappa shape index (κ1) is 18.8. The second-order valence-electron chi connectivity index (χ2n) is 8.62. The van der Waals surface area contributed by atoms with Crippen molar-refractivity contribution < 1.29 is 9.18 Å². The normalized spacial score (nSPS) is 33.3. The van der Waals surface area contributed by atoms with Crippen LogP contribution in [-0.4, -0.2) is 44.5 Å². The van der Waals surface area contributed by atoms with E-state index in [2.05, 4.69) is 35.7 Å². The van der Waals surface area contributed by atoms with Gasteiger partial charge in [0.1, 0.15) is 18.8 Å². The zero-order valence-electron chi connectivity index (χ0n) is 15.9. The Morgan fingerprint density at radius 3 is 2.85 bits per heavy atom. The smallest absolute Gasteiger partial charge is 0.289 e. The topological polar surface area (TPSA) is 55.4 Å². The maximum atomic E-state index is 13.6. The minimum atomic E-state index is -1.07. The summed E-state index contributed by atoms with van der Waals surface area (Å²) >= 11 is 0. The van der Waals surface area contributed by atoms with Crippen LogP contribution in [0.1, 0.15) is 52.9 Å². The van der Waals surface area contributed by atoms with Gasteiger partial charge in [-0.25, -0.2) is 15.9 Å². The van der Waals surface area contributed by atoms with E-state index in [4.69, 9.17) is 6.57 Å². The van der Waals surface area contributed by atoms with Crippen LogP contribution in [-0.2, 0) is 11.3 Å². The van der Waals surface area contributed by atoms with Gasteiger partial charge in [-0.3, -0.25) is 19.2 Å². The summed E-state index contributed by atoms with van der Waals surface area (Å²) < 4.78 is 15.5. The molecule has 2 heterocycles. The van der Waals surface area contributed by atoms with Gasteiger partial charge < -0.3 is 0 Å². The van der Waals surface area contributed by atoms with Crippen LogP contribution in [0.25, 0.3) is 4.85 Å². The molecule has 2 fully saturated rings. The van der Waals surface area contributed by atoms with E-state index in [0.29, 0.717) is 12.3 Å². The first-order valence-corrected chi connectivity index (χ1v) is 9.39. The lowest BCUT2D eigenvalue weighted by Gasteiger charge is -2.42. The van der Waals surface area contributed by atoms with Crippen molar-refractivity contribution in [3.63, 3.8) is 0 Å². The fourth-order valence-corrected chi connectivity index (χ4v) is 4.67. The molecule has 0 N–H and O–H groups in total. The lowest BCUT2D eigenvalue weighted by atomic mass is 9.63. The quantitative estimate of drug-likeness (QED) is 0.756. The monoisotopic (exact) mass is 361 g/mol. The lowest BCUT2D eigenvalue weighted by Crippen LogP contribution is -2.38. The average molecular weight is 361 g/mol. The molecule has 0 bridgehead atoms. The van der Waals surface area contributed by atoms with Gasteiger partial charge in [0, 0.05) is 13.0 Å². The minimum Gasteiger partial charge on any atom is -0.289 e. The number of rotatable bonds is 5. The SMILES string of the molecule is [C-]#[N+][C@@H]1C[C@@H](F)CN1C(=O)CC[C@@]1(C)CC[C@@H](Cn2cncn2)C1(C)C. The molecule has 1 saturated heterocycles. The average Bonchev–Trinajstić information content (AvgIpc) is 3.29. The van der Waals surface area contributed by atoms with Crippen molar-refractivity contribution in [1.82, 2.24) is 19.7 Å². The van der Waals surface area contributed by atoms with Crippen LogP contribution >= 0.6 is 0 Å².